The van der Waals surface area contributed by atoms with Crippen molar-refractivity contribution in [3.05, 3.63) is 12.7 Å². The van der Waals surface area contributed by atoms with Crippen LogP contribution in [0.5, 0.6) is 0 Å². The van der Waals surface area contributed by atoms with Crippen LogP contribution in [0.15, 0.2) is 12.7 Å². The molecule has 1 saturated heterocycles. The predicted octanol–water partition coefficient (Wildman–Crippen LogP) is -1.05. The van der Waals surface area contributed by atoms with E-state index in [1.54, 1.807) is 6.92 Å². The quantitative estimate of drug-likeness (QED) is 0.359. The molecule has 148 valence electrons. The molecule has 5 atom stereocenters. The van der Waals surface area contributed by atoms with Crippen LogP contribution in [0, 0.1) is 0 Å². The summed E-state index contributed by atoms with van der Waals surface area (Å²) in [5.41, 5.74) is 11.0. The lowest BCUT2D eigenvalue weighted by Gasteiger charge is -2.27. The molecule has 0 saturated carbocycles. The molecule has 27 heavy (non-hydrogen) atoms. The van der Waals surface area contributed by atoms with Gasteiger partial charge in [-0.3, -0.25) is 9.36 Å². The van der Waals surface area contributed by atoms with Gasteiger partial charge in [-0.1, -0.05) is 0 Å². The first-order valence-corrected chi connectivity index (χ1v) is 9.43. The Morgan fingerprint density at radius 2 is 2.19 bits per heavy atom. The van der Waals surface area contributed by atoms with Gasteiger partial charge in [0, 0.05) is 5.75 Å². The van der Waals surface area contributed by atoms with Crippen LogP contribution in [0.25, 0.3) is 11.2 Å². The van der Waals surface area contributed by atoms with E-state index in [0.29, 0.717) is 29.1 Å². The van der Waals surface area contributed by atoms with Gasteiger partial charge >= 0.3 is 5.97 Å². The third-order valence-electron chi connectivity index (χ3n) is 4.57. The number of aliphatic hydroxyl groups is 2. The van der Waals surface area contributed by atoms with Crippen molar-refractivity contribution >= 4 is 34.7 Å². The highest BCUT2D eigenvalue weighted by Gasteiger charge is 2.52. The highest BCUT2D eigenvalue weighted by atomic mass is 32.2. The normalized spacial score (nSPS) is 29.3. The molecule has 0 amide bonds. The Balaban J connectivity index is 1.71. The Morgan fingerprint density at radius 3 is 2.89 bits per heavy atom. The number of hydrogen-bond acceptors (Lipinski definition) is 10. The largest absolute Gasteiger partial charge is 0.480 e. The Hall–Kier alpha value is -1.99. The number of imidazole rings is 1. The zero-order chi connectivity index (χ0) is 19.8. The zero-order valence-electron chi connectivity index (χ0n) is 14.6. The number of hydrogen-bond donors (Lipinski definition) is 5. The third-order valence-corrected chi connectivity index (χ3v) is 5.87. The highest BCUT2D eigenvalue weighted by Crippen LogP contribution is 2.40. The van der Waals surface area contributed by atoms with Crippen molar-refractivity contribution in [2.75, 3.05) is 17.2 Å². The number of nitrogens with zero attached hydrogens (tertiary/aromatic N) is 4. The van der Waals surface area contributed by atoms with Gasteiger partial charge in [0.2, 0.25) is 0 Å². The lowest BCUT2D eigenvalue weighted by molar-refractivity contribution is -0.138. The van der Waals surface area contributed by atoms with Gasteiger partial charge in [0.1, 0.15) is 35.7 Å². The van der Waals surface area contributed by atoms with E-state index in [2.05, 4.69) is 15.0 Å². The second-order valence-electron chi connectivity index (χ2n) is 6.63. The maximum absolute atomic E-state index is 10.8. The number of thioether (sulfide) groups is 1. The van der Waals surface area contributed by atoms with Crippen LogP contribution in [0.1, 0.15) is 19.6 Å². The van der Waals surface area contributed by atoms with E-state index in [0.717, 1.165) is 0 Å². The monoisotopic (exact) mass is 398 g/mol. The second-order valence-corrected chi connectivity index (χ2v) is 7.73. The van der Waals surface area contributed by atoms with Gasteiger partial charge in [0.05, 0.1) is 6.33 Å². The van der Waals surface area contributed by atoms with Gasteiger partial charge < -0.3 is 31.5 Å². The summed E-state index contributed by atoms with van der Waals surface area (Å²) in [6, 6.07) is -0.930. The Labute approximate surface area is 158 Å². The number of aliphatic hydroxyl groups excluding tert-OH is 2. The molecule has 1 aliphatic rings. The molecule has 12 heteroatoms. The summed E-state index contributed by atoms with van der Waals surface area (Å²) in [4.78, 5) is 22.9. The van der Waals surface area contributed by atoms with Crippen LogP contribution >= 0.6 is 11.8 Å². The molecule has 11 nitrogen and oxygen atoms in total. The van der Waals surface area contributed by atoms with Crippen LogP contribution in [0.3, 0.4) is 0 Å². The molecule has 2 aromatic rings. The molecule has 2 aromatic heterocycles. The molecule has 3 rings (SSSR count). The van der Waals surface area contributed by atoms with Crippen molar-refractivity contribution in [1.29, 1.82) is 0 Å². The van der Waals surface area contributed by atoms with Gasteiger partial charge in [0.15, 0.2) is 17.7 Å². The number of carboxylic acid groups (broad SMARTS) is 1. The van der Waals surface area contributed by atoms with Gasteiger partial charge in [-0.25, -0.2) is 15.0 Å². The van der Waals surface area contributed by atoms with Crippen LogP contribution < -0.4 is 11.5 Å². The van der Waals surface area contributed by atoms with E-state index in [1.807, 2.05) is 0 Å². The van der Waals surface area contributed by atoms with Crippen molar-refractivity contribution < 1.29 is 24.9 Å². The molecular weight excluding hydrogens is 376 g/mol. The molecule has 0 aliphatic carbocycles. The van der Waals surface area contributed by atoms with E-state index in [1.165, 1.54) is 29.0 Å². The molecule has 7 N–H and O–H groups in total. The predicted molar refractivity (Wildman–Crippen MR) is 97.8 cm³/mol. The molecule has 0 bridgehead atoms. The van der Waals surface area contributed by atoms with Crippen molar-refractivity contribution in [2.24, 2.45) is 5.73 Å². The summed E-state index contributed by atoms with van der Waals surface area (Å²) in [5, 5.41) is 29.8. The first-order valence-electron chi connectivity index (χ1n) is 8.27. The molecule has 1 fully saturated rings. The molecule has 3 heterocycles. The molecule has 1 aliphatic heterocycles. The summed E-state index contributed by atoms with van der Waals surface area (Å²) in [6.45, 7) is 1.69. The number of ether oxygens (including phenoxy) is 1. The fourth-order valence-electron chi connectivity index (χ4n) is 2.94. The second kappa shape index (κ2) is 7.56. The van der Waals surface area contributed by atoms with Gasteiger partial charge in [-0.05, 0) is 19.1 Å². The number of nitrogens with two attached hydrogens (primary N) is 2. The number of carbonyl (C=O) groups is 1. The Morgan fingerprint density at radius 1 is 1.44 bits per heavy atom. The summed E-state index contributed by atoms with van der Waals surface area (Å²) in [7, 11) is 0. The SMILES string of the molecule is C[C@]1(CSCC[C@H](N)C(=O)O)O[C@@H](n2cnc3c(N)ncnc32)[C@H](O)[C@@H]1O. The van der Waals surface area contributed by atoms with E-state index in [9.17, 15) is 15.0 Å². The molecule has 0 aromatic carbocycles. The number of carboxylic acids is 1. The first-order chi connectivity index (χ1) is 12.7. The van der Waals surface area contributed by atoms with E-state index >= 15 is 0 Å². The van der Waals surface area contributed by atoms with Crippen molar-refractivity contribution in [2.45, 2.75) is 43.4 Å². The standard InChI is InChI=1S/C15H22N6O5S/c1-15(4-27-3-2-7(16)14(24)25)10(23)9(22)13(26-15)21-6-20-8-11(17)18-5-19-12(8)21/h5-7,9-10,13,22-23H,2-4,16H2,1H3,(H,24,25)(H2,17,18,19)/t7-,9+,10-,13+,15+/m0/s1. The first kappa shape index (κ1) is 19.8. The number of aliphatic carboxylic acids is 1. The smallest absolute Gasteiger partial charge is 0.320 e. The summed E-state index contributed by atoms with van der Waals surface area (Å²) < 4.78 is 7.49. The number of aromatic nitrogens is 4. The van der Waals surface area contributed by atoms with E-state index < -0.39 is 36.0 Å². The molecule has 0 spiro atoms. The average Bonchev–Trinajstić information content (AvgIpc) is 3.15. The lowest BCUT2D eigenvalue weighted by atomic mass is 10.00. The number of fused-ring (bicyclic) bond motifs is 1. The summed E-state index contributed by atoms with van der Waals surface area (Å²) in [6.07, 6.45) is -0.243. The molecular formula is C15H22N6O5S. The zero-order valence-corrected chi connectivity index (χ0v) is 15.4. The van der Waals surface area contributed by atoms with Crippen molar-refractivity contribution in [3.63, 3.8) is 0 Å². The van der Waals surface area contributed by atoms with Gasteiger partial charge in [-0.2, -0.15) is 11.8 Å². The topological polar surface area (TPSA) is 183 Å². The highest BCUT2D eigenvalue weighted by molar-refractivity contribution is 7.99. The number of anilines is 1. The number of rotatable bonds is 7. The van der Waals surface area contributed by atoms with Crippen LogP contribution in [0.2, 0.25) is 0 Å². The maximum Gasteiger partial charge on any atom is 0.320 e. The fraction of sp³-hybridized carbons (Fsp3) is 0.600. The Bertz CT molecular complexity index is 834. The Kier molecular flexibility index (Phi) is 5.53. The van der Waals surface area contributed by atoms with E-state index in [4.69, 9.17) is 21.3 Å². The van der Waals surface area contributed by atoms with Gasteiger partial charge in [-0.15, -0.1) is 0 Å². The molecule has 0 unspecified atom stereocenters. The summed E-state index contributed by atoms with van der Waals surface area (Å²) >= 11 is 1.40. The molecule has 0 radical (unpaired) electrons. The minimum absolute atomic E-state index is 0.208. The van der Waals surface area contributed by atoms with Crippen molar-refractivity contribution in [3.8, 4) is 0 Å². The minimum Gasteiger partial charge on any atom is -0.480 e. The maximum atomic E-state index is 10.8. The lowest BCUT2D eigenvalue weighted by Crippen LogP contribution is -2.42. The summed E-state index contributed by atoms with van der Waals surface area (Å²) in [5.74, 6) is -0.0160. The van der Waals surface area contributed by atoms with Crippen LogP contribution in [-0.4, -0.2) is 76.2 Å². The number of nitrogen functional groups attached to an aromatic ring is 1. The average molecular weight is 398 g/mol. The van der Waals surface area contributed by atoms with E-state index in [-0.39, 0.29) is 5.82 Å². The van der Waals surface area contributed by atoms with Crippen molar-refractivity contribution in [1.82, 2.24) is 19.5 Å². The van der Waals surface area contributed by atoms with Gasteiger partial charge in [0.25, 0.3) is 0 Å². The minimum atomic E-state index is -1.20. The third kappa shape index (κ3) is 3.71. The van der Waals surface area contributed by atoms with Crippen LogP contribution in [-0.2, 0) is 9.53 Å². The van der Waals surface area contributed by atoms with Crippen LogP contribution in [0.4, 0.5) is 5.82 Å². The fourth-order valence-corrected chi connectivity index (χ4v) is 4.15.